The molecule has 0 aliphatic heterocycles. The molecule has 0 amide bonds. The van der Waals surface area contributed by atoms with E-state index in [0.717, 1.165) is 13.0 Å². The largest absolute Gasteiger partial charge is 0.370 e. The molecule has 1 aliphatic carbocycles. The quantitative estimate of drug-likeness (QED) is 0.288. The summed E-state index contributed by atoms with van der Waals surface area (Å²) in [5, 5.41) is 4.71. The number of nitrogens with zero attached hydrogens (tertiary/aromatic N) is 1. The number of hydrogen-bond acceptors (Lipinski definition) is 1. The van der Waals surface area contributed by atoms with Crippen LogP contribution in [-0.4, -0.2) is 23.5 Å². The Hall–Kier alpha value is -1.24. The maximum atomic E-state index is 6.08. The maximum absolute atomic E-state index is 6.08. The first-order valence-electron chi connectivity index (χ1n) is 8.86. The molecule has 132 valence electrons. The van der Waals surface area contributed by atoms with Crippen molar-refractivity contribution in [1.82, 2.24) is 10.3 Å². The van der Waals surface area contributed by atoms with Crippen LogP contribution in [0.15, 0.2) is 29.3 Å². The summed E-state index contributed by atoms with van der Waals surface area (Å²) in [5.74, 6) is 0.606. The molecule has 1 aromatic heterocycles. The van der Waals surface area contributed by atoms with Crippen LogP contribution in [-0.2, 0) is 6.42 Å². The third-order valence-electron chi connectivity index (χ3n) is 4.88. The number of nitrogens with one attached hydrogen (secondary N) is 2. The number of aromatic amines is 1. The van der Waals surface area contributed by atoms with E-state index in [0.29, 0.717) is 12.0 Å². The molecule has 0 spiro atoms. The number of aliphatic imine (C=N–C) groups is 1. The molecule has 0 saturated heterocycles. The SMILES string of the molecule is Cc1[nH]c2ccccc2c1CCN=C(N)NC1CCCCCC1.I. The molecule has 1 heterocycles. The lowest BCUT2D eigenvalue weighted by Gasteiger charge is -2.16. The molecular weight excluding hydrogens is 411 g/mol. The number of aromatic nitrogens is 1. The first kappa shape index (κ1) is 19.1. The summed E-state index contributed by atoms with van der Waals surface area (Å²) in [6.45, 7) is 2.86. The van der Waals surface area contributed by atoms with Gasteiger partial charge in [-0.1, -0.05) is 43.9 Å². The Labute approximate surface area is 161 Å². The average molecular weight is 440 g/mol. The van der Waals surface area contributed by atoms with Gasteiger partial charge in [0.25, 0.3) is 0 Å². The minimum atomic E-state index is 0. The van der Waals surface area contributed by atoms with E-state index >= 15 is 0 Å². The summed E-state index contributed by atoms with van der Waals surface area (Å²) in [5.41, 5.74) is 9.87. The van der Waals surface area contributed by atoms with Crippen molar-refractivity contribution in [1.29, 1.82) is 0 Å². The minimum absolute atomic E-state index is 0. The number of para-hydroxylation sites is 1. The molecule has 0 unspecified atom stereocenters. The third-order valence-corrected chi connectivity index (χ3v) is 4.88. The van der Waals surface area contributed by atoms with Gasteiger partial charge in [-0.25, -0.2) is 0 Å². The van der Waals surface area contributed by atoms with Crippen molar-refractivity contribution in [3.05, 3.63) is 35.5 Å². The summed E-state index contributed by atoms with van der Waals surface area (Å²) in [7, 11) is 0. The molecule has 0 radical (unpaired) electrons. The van der Waals surface area contributed by atoms with Crippen molar-refractivity contribution in [2.45, 2.75) is 57.9 Å². The first-order chi connectivity index (χ1) is 11.2. The number of benzene rings is 1. The molecule has 2 aromatic rings. The lowest BCUT2D eigenvalue weighted by molar-refractivity contribution is 0.530. The highest BCUT2D eigenvalue weighted by Gasteiger charge is 2.12. The molecule has 3 rings (SSSR count). The van der Waals surface area contributed by atoms with E-state index in [4.69, 9.17) is 5.73 Å². The second kappa shape index (κ2) is 9.30. The Morgan fingerprint density at radius 2 is 1.92 bits per heavy atom. The standard InChI is InChI=1S/C19H28N4.HI/c1-14-16(17-10-6-7-11-18(17)22-14)12-13-21-19(20)23-15-8-4-2-3-5-9-15;/h6-7,10-11,15,22H,2-5,8-9,12-13H2,1H3,(H3,20,21,23);1H. The zero-order chi connectivity index (χ0) is 16.1. The molecule has 1 aliphatic rings. The van der Waals surface area contributed by atoms with Crippen LogP contribution in [0.25, 0.3) is 10.9 Å². The second-order valence-corrected chi connectivity index (χ2v) is 6.62. The zero-order valence-electron chi connectivity index (χ0n) is 14.5. The van der Waals surface area contributed by atoms with Gasteiger partial charge in [-0.3, -0.25) is 4.99 Å². The summed E-state index contributed by atoms with van der Waals surface area (Å²) >= 11 is 0. The van der Waals surface area contributed by atoms with Crippen molar-refractivity contribution < 1.29 is 0 Å². The Morgan fingerprint density at radius 3 is 2.67 bits per heavy atom. The summed E-state index contributed by atoms with van der Waals surface area (Å²) in [6, 6.07) is 8.96. The highest BCUT2D eigenvalue weighted by Crippen LogP contribution is 2.22. The number of halogens is 1. The van der Waals surface area contributed by atoms with Crippen molar-refractivity contribution in [3.8, 4) is 0 Å². The molecule has 5 heteroatoms. The Bertz CT molecular complexity index is 669. The lowest BCUT2D eigenvalue weighted by atomic mass is 10.1. The third kappa shape index (κ3) is 4.88. The van der Waals surface area contributed by atoms with Gasteiger partial charge >= 0.3 is 0 Å². The number of H-pyrrole nitrogens is 1. The molecule has 1 saturated carbocycles. The monoisotopic (exact) mass is 440 g/mol. The summed E-state index contributed by atoms with van der Waals surface area (Å²) < 4.78 is 0. The molecule has 4 nitrogen and oxygen atoms in total. The van der Waals surface area contributed by atoms with E-state index in [-0.39, 0.29) is 24.0 Å². The van der Waals surface area contributed by atoms with Crippen molar-refractivity contribution in [2.75, 3.05) is 6.54 Å². The summed E-state index contributed by atoms with van der Waals surface area (Å²) in [4.78, 5) is 7.98. The van der Waals surface area contributed by atoms with Gasteiger partial charge in [-0.2, -0.15) is 0 Å². The van der Waals surface area contributed by atoms with Gasteiger partial charge in [0.2, 0.25) is 0 Å². The molecule has 24 heavy (non-hydrogen) atoms. The number of hydrogen-bond donors (Lipinski definition) is 3. The molecule has 4 N–H and O–H groups in total. The fourth-order valence-electron chi connectivity index (χ4n) is 3.62. The van der Waals surface area contributed by atoms with E-state index in [1.54, 1.807) is 0 Å². The number of rotatable bonds is 4. The topological polar surface area (TPSA) is 66.2 Å². The van der Waals surface area contributed by atoms with Crippen LogP contribution in [0.3, 0.4) is 0 Å². The Kier molecular flexibility index (Phi) is 7.40. The highest BCUT2D eigenvalue weighted by molar-refractivity contribution is 14.0. The fraction of sp³-hybridized carbons (Fsp3) is 0.526. The van der Waals surface area contributed by atoms with Gasteiger partial charge in [0.15, 0.2) is 5.96 Å². The Morgan fingerprint density at radius 1 is 1.21 bits per heavy atom. The number of nitrogens with two attached hydrogens (primary N) is 1. The molecule has 1 aromatic carbocycles. The van der Waals surface area contributed by atoms with Crippen LogP contribution in [0.5, 0.6) is 0 Å². The van der Waals surface area contributed by atoms with Gasteiger partial charge in [0.05, 0.1) is 0 Å². The predicted octanol–water partition coefficient (Wildman–Crippen LogP) is 4.26. The van der Waals surface area contributed by atoms with E-state index < -0.39 is 0 Å². The van der Waals surface area contributed by atoms with Gasteiger partial charge < -0.3 is 16.0 Å². The zero-order valence-corrected chi connectivity index (χ0v) is 16.8. The number of guanidine groups is 1. The fourth-order valence-corrected chi connectivity index (χ4v) is 3.62. The van der Waals surface area contributed by atoms with E-state index in [1.807, 2.05) is 0 Å². The number of fused-ring (bicyclic) bond motifs is 1. The normalized spacial score (nSPS) is 16.6. The average Bonchev–Trinajstić information content (AvgIpc) is 2.71. The van der Waals surface area contributed by atoms with E-state index in [2.05, 4.69) is 46.5 Å². The van der Waals surface area contributed by atoms with Crippen molar-refractivity contribution >= 4 is 40.8 Å². The van der Waals surface area contributed by atoms with Gasteiger partial charge in [0, 0.05) is 29.2 Å². The Balaban J connectivity index is 0.00000208. The summed E-state index contributed by atoms with van der Waals surface area (Å²) in [6.07, 6.45) is 8.68. The van der Waals surface area contributed by atoms with E-state index in [9.17, 15) is 0 Å². The minimum Gasteiger partial charge on any atom is -0.370 e. The van der Waals surface area contributed by atoms with Crippen LogP contribution in [0.1, 0.15) is 49.8 Å². The highest BCUT2D eigenvalue weighted by atomic mass is 127. The van der Waals surface area contributed by atoms with E-state index in [1.165, 1.54) is 60.7 Å². The smallest absolute Gasteiger partial charge is 0.188 e. The van der Waals surface area contributed by atoms with Crippen molar-refractivity contribution in [2.24, 2.45) is 10.7 Å². The molecule has 0 atom stereocenters. The lowest BCUT2D eigenvalue weighted by Crippen LogP contribution is -2.40. The number of aryl methyl sites for hydroxylation is 1. The molecule has 0 bridgehead atoms. The van der Waals surface area contributed by atoms with Crippen molar-refractivity contribution in [3.63, 3.8) is 0 Å². The maximum Gasteiger partial charge on any atom is 0.188 e. The van der Waals surface area contributed by atoms with Gasteiger partial charge in [0.1, 0.15) is 0 Å². The van der Waals surface area contributed by atoms with Crippen LogP contribution >= 0.6 is 24.0 Å². The predicted molar refractivity (Wildman–Crippen MR) is 113 cm³/mol. The van der Waals surface area contributed by atoms with Crippen LogP contribution < -0.4 is 11.1 Å². The van der Waals surface area contributed by atoms with Crippen LogP contribution in [0.4, 0.5) is 0 Å². The first-order valence-corrected chi connectivity index (χ1v) is 8.86. The van der Waals surface area contributed by atoms with Crippen LogP contribution in [0.2, 0.25) is 0 Å². The van der Waals surface area contributed by atoms with Gasteiger partial charge in [-0.15, -0.1) is 24.0 Å². The van der Waals surface area contributed by atoms with Crippen LogP contribution in [0, 0.1) is 6.92 Å². The van der Waals surface area contributed by atoms with Gasteiger partial charge in [-0.05, 0) is 37.8 Å². The second-order valence-electron chi connectivity index (χ2n) is 6.62. The molecular formula is C19H29IN4. The molecule has 1 fully saturated rings.